The van der Waals surface area contributed by atoms with Crippen molar-refractivity contribution in [2.45, 2.75) is 59.1 Å². The lowest BCUT2D eigenvalue weighted by Gasteiger charge is -2.28. The van der Waals surface area contributed by atoms with Crippen LogP contribution in [0, 0.1) is 0 Å². The molecule has 3 N–H and O–H groups in total. The second-order valence-corrected chi connectivity index (χ2v) is 5.92. The van der Waals surface area contributed by atoms with E-state index in [9.17, 15) is 4.79 Å². The maximum absolute atomic E-state index is 11.9. The molecule has 20 heavy (non-hydrogen) atoms. The third-order valence-corrected chi connectivity index (χ3v) is 2.72. The number of aliphatic imine (C=N–C) groups is 1. The molecule has 118 valence electrons. The number of guanidine groups is 1. The molecular formula is C14H30N4O2. The number of rotatable bonds is 6. The van der Waals surface area contributed by atoms with Crippen LogP contribution in [0.2, 0.25) is 0 Å². The SMILES string of the molecule is CCCN=C(N)NCCC(C)N(C)C(=O)OC(C)(C)C. The Bertz CT molecular complexity index is 324. The van der Waals surface area contributed by atoms with Crippen molar-refractivity contribution in [2.24, 2.45) is 10.7 Å². The molecule has 0 radical (unpaired) electrons. The lowest BCUT2D eigenvalue weighted by Crippen LogP contribution is -2.41. The molecule has 0 aromatic heterocycles. The highest BCUT2D eigenvalue weighted by Gasteiger charge is 2.22. The van der Waals surface area contributed by atoms with Crippen LogP contribution in [-0.4, -0.2) is 48.7 Å². The third kappa shape index (κ3) is 8.61. The van der Waals surface area contributed by atoms with Gasteiger partial charge in [-0.3, -0.25) is 4.99 Å². The molecule has 6 heteroatoms. The molecule has 0 saturated heterocycles. The van der Waals surface area contributed by atoms with Crippen molar-refractivity contribution in [3.63, 3.8) is 0 Å². The van der Waals surface area contributed by atoms with E-state index >= 15 is 0 Å². The molecule has 1 amide bonds. The summed E-state index contributed by atoms with van der Waals surface area (Å²) >= 11 is 0. The van der Waals surface area contributed by atoms with Crippen molar-refractivity contribution >= 4 is 12.1 Å². The summed E-state index contributed by atoms with van der Waals surface area (Å²) in [4.78, 5) is 17.6. The quantitative estimate of drug-likeness (QED) is 0.577. The number of carbonyl (C=O) groups is 1. The molecule has 0 aromatic carbocycles. The van der Waals surface area contributed by atoms with Crippen molar-refractivity contribution in [3.8, 4) is 0 Å². The highest BCUT2D eigenvalue weighted by atomic mass is 16.6. The number of hydrogen-bond donors (Lipinski definition) is 2. The minimum absolute atomic E-state index is 0.0660. The second kappa shape index (κ2) is 8.66. The summed E-state index contributed by atoms with van der Waals surface area (Å²) in [6, 6.07) is 0.0660. The standard InChI is InChI=1S/C14H30N4O2/c1-7-9-16-12(15)17-10-8-11(2)18(6)13(19)20-14(3,4)5/h11H,7-10H2,1-6H3,(H3,15,16,17). The molecule has 0 aliphatic heterocycles. The topological polar surface area (TPSA) is 80.0 Å². The monoisotopic (exact) mass is 286 g/mol. The highest BCUT2D eigenvalue weighted by molar-refractivity contribution is 5.77. The molecule has 0 saturated carbocycles. The Kier molecular flexibility index (Phi) is 8.03. The summed E-state index contributed by atoms with van der Waals surface area (Å²) in [6.45, 7) is 11.0. The van der Waals surface area contributed by atoms with Gasteiger partial charge in [-0.1, -0.05) is 6.92 Å². The molecule has 0 heterocycles. The van der Waals surface area contributed by atoms with Gasteiger partial charge in [0.2, 0.25) is 0 Å². The first-order chi connectivity index (χ1) is 9.17. The van der Waals surface area contributed by atoms with Gasteiger partial charge in [0.1, 0.15) is 5.60 Å². The maximum atomic E-state index is 11.9. The van der Waals surface area contributed by atoms with E-state index in [0.29, 0.717) is 12.5 Å². The van der Waals surface area contributed by atoms with Crippen molar-refractivity contribution in [1.29, 1.82) is 0 Å². The van der Waals surface area contributed by atoms with Crippen LogP contribution >= 0.6 is 0 Å². The smallest absolute Gasteiger partial charge is 0.410 e. The van der Waals surface area contributed by atoms with Crippen LogP contribution in [0.25, 0.3) is 0 Å². The first kappa shape index (κ1) is 18.5. The first-order valence-corrected chi connectivity index (χ1v) is 7.17. The van der Waals surface area contributed by atoms with Crippen LogP contribution in [0.3, 0.4) is 0 Å². The molecule has 6 nitrogen and oxygen atoms in total. The minimum atomic E-state index is -0.472. The van der Waals surface area contributed by atoms with Crippen LogP contribution in [0.1, 0.15) is 47.5 Å². The molecular weight excluding hydrogens is 256 g/mol. The number of nitrogens with zero attached hydrogens (tertiary/aromatic N) is 2. The lowest BCUT2D eigenvalue weighted by atomic mass is 10.2. The molecule has 0 aliphatic rings. The van der Waals surface area contributed by atoms with E-state index < -0.39 is 5.60 Å². The van der Waals surface area contributed by atoms with Crippen LogP contribution < -0.4 is 11.1 Å². The number of nitrogens with one attached hydrogen (secondary N) is 1. The van der Waals surface area contributed by atoms with Crippen molar-refractivity contribution in [2.75, 3.05) is 20.1 Å². The Morgan fingerprint density at radius 2 is 2.05 bits per heavy atom. The summed E-state index contributed by atoms with van der Waals surface area (Å²) in [5, 5.41) is 3.04. The average Bonchev–Trinajstić information content (AvgIpc) is 2.33. The Morgan fingerprint density at radius 3 is 2.55 bits per heavy atom. The third-order valence-electron chi connectivity index (χ3n) is 2.72. The van der Waals surface area contributed by atoms with E-state index in [0.717, 1.165) is 19.4 Å². The van der Waals surface area contributed by atoms with Gasteiger partial charge in [0.05, 0.1) is 0 Å². The number of hydrogen-bond acceptors (Lipinski definition) is 3. The predicted octanol–water partition coefficient (Wildman–Crippen LogP) is 1.95. The van der Waals surface area contributed by atoms with Gasteiger partial charge in [-0.05, 0) is 40.5 Å². The molecule has 0 rings (SSSR count). The van der Waals surface area contributed by atoms with Crippen LogP contribution in [0.5, 0.6) is 0 Å². The van der Waals surface area contributed by atoms with Crippen molar-refractivity contribution < 1.29 is 9.53 Å². The summed E-state index contributed by atoms with van der Waals surface area (Å²) in [5.41, 5.74) is 5.23. The zero-order valence-corrected chi connectivity index (χ0v) is 13.7. The van der Waals surface area contributed by atoms with Gasteiger partial charge in [-0.15, -0.1) is 0 Å². The molecule has 0 spiro atoms. The number of ether oxygens (including phenoxy) is 1. The molecule has 0 bridgehead atoms. The van der Waals surface area contributed by atoms with Crippen LogP contribution in [-0.2, 0) is 4.74 Å². The molecule has 0 aliphatic carbocycles. The zero-order chi connectivity index (χ0) is 15.8. The Morgan fingerprint density at radius 1 is 1.45 bits per heavy atom. The van der Waals surface area contributed by atoms with Gasteiger partial charge < -0.3 is 20.7 Å². The maximum Gasteiger partial charge on any atom is 0.410 e. The van der Waals surface area contributed by atoms with Gasteiger partial charge in [0.15, 0.2) is 5.96 Å². The van der Waals surface area contributed by atoms with E-state index in [1.54, 1.807) is 11.9 Å². The zero-order valence-electron chi connectivity index (χ0n) is 13.7. The van der Waals surface area contributed by atoms with Gasteiger partial charge in [0.25, 0.3) is 0 Å². The summed E-state index contributed by atoms with van der Waals surface area (Å²) < 4.78 is 5.32. The fourth-order valence-corrected chi connectivity index (χ4v) is 1.40. The first-order valence-electron chi connectivity index (χ1n) is 7.17. The van der Waals surface area contributed by atoms with E-state index in [1.165, 1.54) is 0 Å². The van der Waals surface area contributed by atoms with Gasteiger partial charge in [-0.25, -0.2) is 4.79 Å². The number of carbonyl (C=O) groups excluding carboxylic acids is 1. The van der Waals surface area contributed by atoms with Crippen LogP contribution in [0.4, 0.5) is 4.79 Å². The largest absolute Gasteiger partial charge is 0.444 e. The fourth-order valence-electron chi connectivity index (χ4n) is 1.40. The van der Waals surface area contributed by atoms with Crippen molar-refractivity contribution in [3.05, 3.63) is 0 Å². The number of amides is 1. The van der Waals surface area contributed by atoms with Crippen LogP contribution in [0.15, 0.2) is 4.99 Å². The van der Waals surface area contributed by atoms with Gasteiger partial charge >= 0.3 is 6.09 Å². The van der Waals surface area contributed by atoms with Gasteiger partial charge in [-0.2, -0.15) is 0 Å². The summed E-state index contributed by atoms with van der Waals surface area (Å²) in [7, 11) is 1.74. The summed E-state index contributed by atoms with van der Waals surface area (Å²) in [5.74, 6) is 0.457. The fraction of sp³-hybridized carbons (Fsp3) is 0.857. The minimum Gasteiger partial charge on any atom is -0.444 e. The Balaban J connectivity index is 4.08. The molecule has 0 fully saturated rings. The average molecular weight is 286 g/mol. The normalized spacial score (nSPS) is 13.8. The number of nitrogens with two attached hydrogens (primary N) is 1. The van der Waals surface area contributed by atoms with Gasteiger partial charge in [0, 0.05) is 26.2 Å². The highest BCUT2D eigenvalue weighted by Crippen LogP contribution is 2.11. The molecule has 0 aromatic rings. The van der Waals surface area contributed by atoms with E-state index in [1.807, 2.05) is 27.7 Å². The lowest BCUT2D eigenvalue weighted by molar-refractivity contribution is 0.0231. The van der Waals surface area contributed by atoms with Crippen molar-refractivity contribution in [1.82, 2.24) is 10.2 Å². The molecule has 1 unspecified atom stereocenters. The second-order valence-electron chi connectivity index (χ2n) is 5.92. The van der Waals surface area contributed by atoms with E-state index in [2.05, 4.69) is 17.2 Å². The molecule has 1 atom stereocenters. The Hall–Kier alpha value is -1.46. The van der Waals surface area contributed by atoms with E-state index in [-0.39, 0.29) is 12.1 Å². The Labute approximate surface area is 122 Å². The van der Waals surface area contributed by atoms with E-state index in [4.69, 9.17) is 10.5 Å². The summed E-state index contributed by atoms with van der Waals surface area (Å²) in [6.07, 6.45) is 1.44. The predicted molar refractivity (Wildman–Crippen MR) is 82.9 cm³/mol.